The van der Waals surface area contributed by atoms with Crippen molar-refractivity contribution in [3.8, 4) is 11.5 Å². The Morgan fingerprint density at radius 2 is 1.83 bits per heavy atom. The fourth-order valence-electron chi connectivity index (χ4n) is 0.853. The maximum atomic E-state index is 9.10. The molecule has 0 heterocycles. The number of aliphatic hydroxyl groups excluding tert-OH is 2. The van der Waals surface area contributed by atoms with Crippen molar-refractivity contribution in [1.82, 2.24) is 0 Å². The molecular weight excluding hydrogens is 160 g/mol. The van der Waals surface area contributed by atoms with Crippen LogP contribution in [0.15, 0.2) is 18.2 Å². The number of phenols is 2. The van der Waals surface area contributed by atoms with E-state index in [2.05, 4.69) is 0 Å². The standard InChI is InChI=1S/C8H10O4/c9-4-8(12)5-1-2-6(10)7(11)3-5/h1-3,8-12H,4H2/t8-/m0/s1. The summed E-state index contributed by atoms with van der Waals surface area (Å²) in [5.74, 6) is -0.552. The lowest BCUT2D eigenvalue weighted by molar-refractivity contribution is 0.0954. The van der Waals surface area contributed by atoms with Gasteiger partial charge in [-0.3, -0.25) is 0 Å². The van der Waals surface area contributed by atoms with Gasteiger partial charge in [0.1, 0.15) is 6.10 Å². The molecule has 0 radical (unpaired) electrons. The second-order valence-electron chi connectivity index (χ2n) is 2.45. The second-order valence-corrected chi connectivity index (χ2v) is 2.45. The van der Waals surface area contributed by atoms with Gasteiger partial charge in [-0.1, -0.05) is 6.07 Å². The highest BCUT2D eigenvalue weighted by atomic mass is 16.3. The molecule has 0 amide bonds. The smallest absolute Gasteiger partial charge is 0.157 e. The maximum absolute atomic E-state index is 9.10. The zero-order chi connectivity index (χ0) is 9.14. The topological polar surface area (TPSA) is 80.9 Å². The molecule has 0 aliphatic rings. The Morgan fingerprint density at radius 3 is 2.33 bits per heavy atom. The number of hydrogen-bond acceptors (Lipinski definition) is 4. The van der Waals surface area contributed by atoms with Crippen molar-refractivity contribution in [2.45, 2.75) is 6.10 Å². The Labute approximate surface area is 69.3 Å². The lowest BCUT2D eigenvalue weighted by Crippen LogP contribution is -2.01. The largest absolute Gasteiger partial charge is 0.504 e. The van der Waals surface area contributed by atoms with Gasteiger partial charge >= 0.3 is 0 Å². The Morgan fingerprint density at radius 1 is 1.17 bits per heavy atom. The molecule has 1 aromatic carbocycles. The van der Waals surface area contributed by atoms with Gasteiger partial charge in [0.25, 0.3) is 0 Å². The van der Waals surface area contributed by atoms with Gasteiger partial charge in [-0.15, -0.1) is 0 Å². The zero-order valence-electron chi connectivity index (χ0n) is 6.31. The summed E-state index contributed by atoms with van der Waals surface area (Å²) in [5.41, 5.74) is 0.368. The summed E-state index contributed by atoms with van der Waals surface area (Å²) in [5, 5.41) is 35.6. The predicted molar refractivity (Wildman–Crippen MR) is 41.8 cm³/mol. The molecule has 66 valence electrons. The first-order chi connectivity index (χ1) is 5.65. The quantitative estimate of drug-likeness (QED) is 0.475. The highest BCUT2D eigenvalue weighted by Crippen LogP contribution is 2.27. The highest BCUT2D eigenvalue weighted by Gasteiger charge is 2.07. The highest BCUT2D eigenvalue weighted by molar-refractivity contribution is 5.41. The molecule has 0 spiro atoms. The van der Waals surface area contributed by atoms with Gasteiger partial charge in [0.2, 0.25) is 0 Å². The molecule has 0 aromatic heterocycles. The molecule has 0 aliphatic carbocycles. The number of hydrogen-bond donors (Lipinski definition) is 4. The van der Waals surface area contributed by atoms with E-state index < -0.39 is 12.7 Å². The van der Waals surface area contributed by atoms with Crippen molar-refractivity contribution in [2.75, 3.05) is 6.61 Å². The Bertz CT molecular complexity index is 272. The van der Waals surface area contributed by atoms with Crippen LogP contribution in [0.25, 0.3) is 0 Å². The van der Waals surface area contributed by atoms with E-state index in [4.69, 9.17) is 20.4 Å². The van der Waals surface area contributed by atoms with Gasteiger partial charge in [0, 0.05) is 0 Å². The van der Waals surface area contributed by atoms with Crippen LogP contribution in [0.2, 0.25) is 0 Å². The van der Waals surface area contributed by atoms with E-state index in [1.54, 1.807) is 0 Å². The molecule has 4 heteroatoms. The third-order valence-electron chi connectivity index (χ3n) is 1.56. The first-order valence-electron chi connectivity index (χ1n) is 3.46. The summed E-state index contributed by atoms with van der Waals surface area (Å²) >= 11 is 0. The lowest BCUT2D eigenvalue weighted by Gasteiger charge is -2.07. The average molecular weight is 170 g/mol. The van der Waals surface area contributed by atoms with Crippen molar-refractivity contribution in [3.63, 3.8) is 0 Å². The second kappa shape index (κ2) is 3.42. The predicted octanol–water partition coefficient (Wildman–Crippen LogP) is 0.123. The molecular formula is C8H10O4. The molecule has 0 saturated heterocycles. The third-order valence-corrected chi connectivity index (χ3v) is 1.56. The summed E-state index contributed by atoms with van der Waals surface area (Å²) in [6, 6.07) is 3.88. The molecule has 0 aliphatic heterocycles. The molecule has 0 unspecified atom stereocenters. The maximum Gasteiger partial charge on any atom is 0.157 e. The molecule has 0 saturated carbocycles. The fraction of sp³-hybridized carbons (Fsp3) is 0.250. The number of benzene rings is 1. The Balaban J connectivity index is 2.96. The van der Waals surface area contributed by atoms with E-state index in [-0.39, 0.29) is 11.5 Å². The molecule has 4 nitrogen and oxygen atoms in total. The van der Waals surface area contributed by atoms with Crippen molar-refractivity contribution < 1.29 is 20.4 Å². The van der Waals surface area contributed by atoms with Crippen LogP contribution in [0.3, 0.4) is 0 Å². The molecule has 4 N–H and O–H groups in total. The molecule has 1 rings (SSSR count). The van der Waals surface area contributed by atoms with Crippen molar-refractivity contribution in [1.29, 1.82) is 0 Å². The minimum Gasteiger partial charge on any atom is -0.504 e. The SMILES string of the molecule is OC[C@H](O)c1ccc(O)c(O)c1. The van der Waals surface area contributed by atoms with Crippen LogP contribution in [-0.4, -0.2) is 27.0 Å². The lowest BCUT2D eigenvalue weighted by atomic mass is 10.1. The van der Waals surface area contributed by atoms with Crippen LogP contribution in [-0.2, 0) is 0 Å². The van der Waals surface area contributed by atoms with E-state index in [0.717, 1.165) is 0 Å². The average Bonchev–Trinajstić information content (AvgIpc) is 2.08. The van der Waals surface area contributed by atoms with Crippen LogP contribution in [0.5, 0.6) is 11.5 Å². The molecule has 1 aromatic rings. The van der Waals surface area contributed by atoms with Crippen LogP contribution >= 0.6 is 0 Å². The number of phenolic OH excluding ortho intramolecular Hbond substituents is 2. The summed E-state index contributed by atoms with van der Waals surface area (Å²) < 4.78 is 0. The van der Waals surface area contributed by atoms with Crippen LogP contribution in [0, 0.1) is 0 Å². The van der Waals surface area contributed by atoms with Crippen molar-refractivity contribution >= 4 is 0 Å². The summed E-state index contributed by atoms with van der Waals surface area (Å²) in [6.07, 6.45) is -1.02. The van der Waals surface area contributed by atoms with Gasteiger partial charge in [-0.25, -0.2) is 0 Å². The Hall–Kier alpha value is -1.26. The normalized spacial score (nSPS) is 12.8. The van der Waals surface area contributed by atoms with E-state index in [1.165, 1.54) is 18.2 Å². The third kappa shape index (κ3) is 1.66. The fourth-order valence-corrected chi connectivity index (χ4v) is 0.853. The van der Waals surface area contributed by atoms with E-state index in [0.29, 0.717) is 5.56 Å². The van der Waals surface area contributed by atoms with E-state index >= 15 is 0 Å². The minimum absolute atomic E-state index is 0.246. The van der Waals surface area contributed by atoms with Gasteiger partial charge in [-0.2, -0.15) is 0 Å². The number of aliphatic hydroxyl groups is 2. The molecule has 0 bridgehead atoms. The van der Waals surface area contributed by atoms with Gasteiger partial charge in [0.05, 0.1) is 6.61 Å². The summed E-state index contributed by atoms with van der Waals surface area (Å²) in [4.78, 5) is 0. The van der Waals surface area contributed by atoms with Crippen molar-refractivity contribution in [2.24, 2.45) is 0 Å². The van der Waals surface area contributed by atoms with Crippen LogP contribution < -0.4 is 0 Å². The first-order valence-corrected chi connectivity index (χ1v) is 3.46. The van der Waals surface area contributed by atoms with Gasteiger partial charge < -0.3 is 20.4 Å². The van der Waals surface area contributed by atoms with Crippen LogP contribution in [0.4, 0.5) is 0 Å². The van der Waals surface area contributed by atoms with E-state index in [9.17, 15) is 0 Å². The van der Waals surface area contributed by atoms with Gasteiger partial charge in [0.15, 0.2) is 11.5 Å². The molecule has 0 fully saturated rings. The number of aromatic hydroxyl groups is 2. The van der Waals surface area contributed by atoms with Crippen LogP contribution in [0.1, 0.15) is 11.7 Å². The first kappa shape index (κ1) is 8.83. The van der Waals surface area contributed by atoms with Gasteiger partial charge in [-0.05, 0) is 17.7 Å². The summed E-state index contributed by atoms with van der Waals surface area (Å²) in [7, 11) is 0. The number of rotatable bonds is 2. The summed E-state index contributed by atoms with van der Waals surface area (Å²) in [6.45, 7) is -0.412. The zero-order valence-corrected chi connectivity index (χ0v) is 6.31. The molecule has 1 atom stereocenters. The van der Waals surface area contributed by atoms with E-state index in [1.807, 2.05) is 0 Å². The molecule has 12 heavy (non-hydrogen) atoms. The van der Waals surface area contributed by atoms with Crippen molar-refractivity contribution in [3.05, 3.63) is 23.8 Å². The Kier molecular flexibility index (Phi) is 2.52. The monoisotopic (exact) mass is 170 g/mol. The minimum atomic E-state index is -1.02.